The van der Waals surface area contributed by atoms with E-state index in [1.807, 2.05) is 20.8 Å². The monoisotopic (exact) mass is 225 g/mol. The summed E-state index contributed by atoms with van der Waals surface area (Å²) in [6.45, 7) is 9.59. The number of carbonyl (C=O) groups is 1. The van der Waals surface area contributed by atoms with Crippen LogP contribution in [0.4, 0.5) is 0 Å². The molecule has 0 amide bonds. The Balaban J connectivity index is 2.73. The van der Waals surface area contributed by atoms with E-state index in [9.17, 15) is 4.79 Å². The molecule has 1 rings (SSSR count). The van der Waals surface area contributed by atoms with Gasteiger partial charge in [0.2, 0.25) is 0 Å². The molecule has 1 fully saturated rings. The van der Waals surface area contributed by atoms with E-state index < -0.39 is 0 Å². The largest absolute Gasteiger partial charge is 0.498 e. The zero-order valence-electron chi connectivity index (χ0n) is 10.8. The van der Waals surface area contributed by atoms with Gasteiger partial charge in [0.25, 0.3) is 0 Å². The molecule has 1 N–H and O–H groups in total. The Morgan fingerprint density at radius 3 is 2.88 bits per heavy atom. The number of hydrogen-bond acceptors (Lipinski definition) is 3. The van der Waals surface area contributed by atoms with Crippen LogP contribution in [0.2, 0.25) is 0 Å². The van der Waals surface area contributed by atoms with Gasteiger partial charge in [0.15, 0.2) is 5.78 Å². The number of rotatable bonds is 3. The van der Waals surface area contributed by atoms with E-state index in [0.717, 1.165) is 25.0 Å². The van der Waals surface area contributed by atoms with E-state index in [2.05, 4.69) is 12.2 Å². The van der Waals surface area contributed by atoms with Crippen molar-refractivity contribution < 1.29 is 9.53 Å². The minimum Gasteiger partial charge on any atom is -0.498 e. The van der Waals surface area contributed by atoms with Gasteiger partial charge in [-0.3, -0.25) is 4.79 Å². The summed E-state index contributed by atoms with van der Waals surface area (Å²) in [6.07, 6.45) is 3.66. The number of hydrogen-bond donors (Lipinski definition) is 1. The average Bonchev–Trinajstić information content (AvgIpc) is 2.37. The maximum Gasteiger partial charge on any atom is 0.168 e. The molecule has 0 aliphatic carbocycles. The Bertz CT molecular complexity index is 282. The minimum absolute atomic E-state index is 0.173. The van der Waals surface area contributed by atoms with Crippen LogP contribution in [-0.2, 0) is 9.53 Å². The zero-order chi connectivity index (χ0) is 12.2. The van der Waals surface area contributed by atoms with Gasteiger partial charge in [0.05, 0.1) is 12.4 Å². The fourth-order valence-electron chi connectivity index (χ4n) is 1.64. The summed E-state index contributed by atoms with van der Waals surface area (Å²) in [4.78, 5) is 12.2. The third-order valence-electron chi connectivity index (χ3n) is 3.17. The fraction of sp³-hybridized carbons (Fsp3) is 0.769. The predicted octanol–water partition coefficient (Wildman–Crippen LogP) is 2.27. The molecule has 1 atom stereocenters. The van der Waals surface area contributed by atoms with E-state index in [0.29, 0.717) is 6.54 Å². The van der Waals surface area contributed by atoms with Crippen LogP contribution in [0.3, 0.4) is 0 Å². The highest BCUT2D eigenvalue weighted by Gasteiger charge is 2.32. The number of carbonyl (C=O) groups excluding carboxylic acids is 1. The lowest BCUT2D eigenvalue weighted by atomic mass is 9.82. The third-order valence-corrected chi connectivity index (χ3v) is 3.17. The van der Waals surface area contributed by atoms with Crippen molar-refractivity contribution in [3.8, 4) is 0 Å². The molecule has 0 aromatic carbocycles. The lowest BCUT2D eigenvalue weighted by molar-refractivity contribution is -0.123. The van der Waals surface area contributed by atoms with Gasteiger partial charge < -0.3 is 10.1 Å². The first-order valence-corrected chi connectivity index (χ1v) is 6.07. The summed E-state index contributed by atoms with van der Waals surface area (Å²) < 4.78 is 5.53. The molecule has 3 nitrogen and oxygen atoms in total. The molecule has 1 heterocycles. The van der Waals surface area contributed by atoms with Crippen LogP contribution in [0.1, 0.15) is 40.5 Å². The van der Waals surface area contributed by atoms with Crippen LogP contribution in [0, 0.1) is 5.41 Å². The molecule has 0 bridgehead atoms. The van der Waals surface area contributed by atoms with Gasteiger partial charge in [-0.25, -0.2) is 0 Å². The van der Waals surface area contributed by atoms with Crippen LogP contribution in [-0.4, -0.2) is 25.0 Å². The SMILES string of the molecule is CCC(C)OC=C1CNCCC(C)(C)C1=O. The van der Waals surface area contributed by atoms with Gasteiger partial charge in [-0.05, 0) is 26.3 Å². The van der Waals surface area contributed by atoms with Crippen LogP contribution in [0.15, 0.2) is 11.8 Å². The Morgan fingerprint density at radius 2 is 2.25 bits per heavy atom. The van der Waals surface area contributed by atoms with Crippen molar-refractivity contribution in [2.24, 2.45) is 5.41 Å². The van der Waals surface area contributed by atoms with Crippen LogP contribution in [0.5, 0.6) is 0 Å². The second kappa shape index (κ2) is 5.48. The minimum atomic E-state index is -0.270. The number of Topliss-reactive ketones (excluding diaryl/α,β-unsaturated/α-hetero) is 1. The molecule has 0 radical (unpaired) electrons. The standard InChI is InChI=1S/C13H23NO2/c1-5-10(2)16-9-11-8-14-7-6-13(3,4)12(11)15/h9-10,14H,5-8H2,1-4H3. The second-order valence-electron chi connectivity index (χ2n) is 5.14. The summed E-state index contributed by atoms with van der Waals surface area (Å²) in [7, 11) is 0. The molecular formula is C13H23NO2. The van der Waals surface area contributed by atoms with Gasteiger partial charge in [-0.1, -0.05) is 20.8 Å². The van der Waals surface area contributed by atoms with E-state index in [1.165, 1.54) is 0 Å². The van der Waals surface area contributed by atoms with Crippen molar-refractivity contribution in [1.29, 1.82) is 0 Å². The van der Waals surface area contributed by atoms with E-state index in [4.69, 9.17) is 4.74 Å². The highest BCUT2D eigenvalue weighted by atomic mass is 16.5. The highest BCUT2D eigenvalue weighted by Crippen LogP contribution is 2.26. The Hall–Kier alpha value is -0.830. The third kappa shape index (κ3) is 3.34. The predicted molar refractivity (Wildman–Crippen MR) is 65.2 cm³/mol. The molecule has 1 aliphatic rings. The van der Waals surface area contributed by atoms with Crippen molar-refractivity contribution in [3.05, 3.63) is 11.8 Å². The fourth-order valence-corrected chi connectivity index (χ4v) is 1.64. The van der Waals surface area contributed by atoms with E-state index in [-0.39, 0.29) is 17.3 Å². The highest BCUT2D eigenvalue weighted by molar-refractivity contribution is 5.99. The summed E-state index contributed by atoms with van der Waals surface area (Å²) in [5.74, 6) is 0.209. The van der Waals surface area contributed by atoms with Crippen molar-refractivity contribution >= 4 is 5.78 Å². The zero-order valence-corrected chi connectivity index (χ0v) is 10.8. The van der Waals surface area contributed by atoms with E-state index in [1.54, 1.807) is 6.26 Å². The molecule has 0 aromatic rings. The van der Waals surface area contributed by atoms with E-state index >= 15 is 0 Å². The Morgan fingerprint density at radius 1 is 1.56 bits per heavy atom. The van der Waals surface area contributed by atoms with Crippen LogP contribution < -0.4 is 5.32 Å². The second-order valence-corrected chi connectivity index (χ2v) is 5.14. The van der Waals surface area contributed by atoms with Crippen molar-refractivity contribution in [2.75, 3.05) is 13.1 Å². The van der Waals surface area contributed by atoms with Crippen LogP contribution >= 0.6 is 0 Å². The summed E-state index contributed by atoms with van der Waals surface area (Å²) >= 11 is 0. The van der Waals surface area contributed by atoms with Gasteiger partial charge in [0.1, 0.15) is 0 Å². The molecule has 1 saturated heterocycles. The summed E-state index contributed by atoms with van der Waals surface area (Å²) in [5, 5.41) is 3.26. The van der Waals surface area contributed by atoms with Gasteiger partial charge >= 0.3 is 0 Å². The maximum atomic E-state index is 12.2. The first-order valence-electron chi connectivity index (χ1n) is 6.07. The Labute approximate surface area is 98.2 Å². The van der Waals surface area contributed by atoms with Crippen molar-refractivity contribution in [1.82, 2.24) is 5.32 Å². The number of ketones is 1. The summed E-state index contributed by atoms with van der Waals surface area (Å²) in [5.41, 5.74) is 0.497. The van der Waals surface area contributed by atoms with Gasteiger partial charge in [-0.15, -0.1) is 0 Å². The molecular weight excluding hydrogens is 202 g/mol. The van der Waals surface area contributed by atoms with Gasteiger partial charge in [-0.2, -0.15) is 0 Å². The Kier molecular flexibility index (Phi) is 4.54. The topological polar surface area (TPSA) is 38.3 Å². The van der Waals surface area contributed by atoms with Gasteiger partial charge in [0, 0.05) is 17.5 Å². The first-order chi connectivity index (χ1) is 7.47. The normalized spacial score (nSPS) is 25.2. The molecule has 1 unspecified atom stereocenters. The van der Waals surface area contributed by atoms with Crippen molar-refractivity contribution in [2.45, 2.75) is 46.6 Å². The number of nitrogens with one attached hydrogen (secondary N) is 1. The molecule has 92 valence electrons. The number of ether oxygens (including phenoxy) is 1. The van der Waals surface area contributed by atoms with Crippen LogP contribution in [0.25, 0.3) is 0 Å². The average molecular weight is 225 g/mol. The maximum absolute atomic E-state index is 12.2. The quantitative estimate of drug-likeness (QED) is 0.591. The molecule has 16 heavy (non-hydrogen) atoms. The lowest BCUT2D eigenvalue weighted by Crippen LogP contribution is -2.25. The first kappa shape index (κ1) is 13.2. The molecule has 0 aromatic heterocycles. The molecule has 0 spiro atoms. The summed E-state index contributed by atoms with van der Waals surface area (Å²) in [6, 6.07) is 0. The van der Waals surface area contributed by atoms with Crippen molar-refractivity contribution in [3.63, 3.8) is 0 Å². The molecule has 1 aliphatic heterocycles. The molecule has 0 saturated carbocycles. The lowest BCUT2D eigenvalue weighted by Gasteiger charge is -2.20. The smallest absolute Gasteiger partial charge is 0.168 e. The molecule has 3 heteroatoms.